The molecule has 32 heavy (non-hydrogen) atoms. The third kappa shape index (κ3) is 238000. The Morgan fingerprint density at radius 3 is 0.188 bits per heavy atom. The summed E-state index contributed by atoms with van der Waals surface area (Å²) in [6, 6.07) is 0. The summed E-state index contributed by atoms with van der Waals surface area (Å²) in [5.74, 6) is 0. The van der Waals surface area contributed by atoms with Crippen LogP contribution in [0.15, 0.2) is 0 Å². The van der Waals surface area contributed by atoms with E-state index in [1.54, 1.807) is 114 Å². The maximum Gasteiger partial charge on any atom is 0.0351 e. The summed E-state index contributed by atoms with van der Waals surface area (Å²) in [5, 5.41) is 0. The van der Waals surface area contributed by atoms with E-state index >= 15 is 0 Å². The van der Waals surface area contributed by atoms with Crippen molar-refractivity contribution in [3.63, 3.8) is 0 Å². The molecule has 0 rings (SSSR count). The molecule has 0 heterocycles. The van der Waals surface area contributed by atoms with Crippen LogP contribution in [0.5, 0.6) is 0 Å². The maximum atomic E-state index is 4.25. The first-order valence-corrected chi connectivity index (χ1v) is 8.53. The average Bonchev–Trinajstić information content (AvgIpc) is 2.63. The van der Waals surface area contributed by atoms with Gasteiger partial charge in [0.2, 0.25) is 0 Å². The average molecular weight is 493 g/mol. The van der Waals surface area contributed by atoms with E-state index in [0.29, 0.717) is 0 Å². The zero-order valence-corrected chi connectivity index (χ0v) is 23.3. The molecule has 8 nitrogen and oxygen atoms in total. The summed E-state index contributed by atoms with van der Waals surface area (Å²) in [6.07, 6.45) is 0. The van der Waals surface area contributed by atoms with E-state index in [9.17, 15) is 0 Å². The largest absolute Gasteiger partial charge is 0.388 e. The van der Waals surface area contributed by atoms with Gasteiger partial charge in [-0.25, -0.2) is 0 Å². The minimum atomic E-state index is 0. The Kier molecular flexibility index (Phi) is 1370. The van der Waals surface area contributed by atoms with Crippen LogP contribution in [0.25, 0.3) is 0 Å². The highest BCUT2D eigenvalue weighted by molar-refractivity contribution is 3.58. The summed E-state index contributed by atoms with van der Waals surface area (Å²) in [5.41, 5.74) is 0. The van der Waals surface area contributed by atoms with Gasteiger partial charge < -0.3 is 37.9 Å². The van der Waals surface area contributed by atoms with Crippen molar-refractivity contribution in [2.24, 2.45) is 0 Å². The van der Waals surface area contributed by atoms with Crippen LogP contribution < -0.4 is 0 Å². The third-order valence-corrected chi connectivity index (χ3v) is 0. The van der Waals surface area contributed by atoms with Crippen molar-refractivity contribution in [1.82, 2.24) is 0 Å². The molecule has 0 aliphatic carbocycles. The monoisotopic (exact) mass is 493 g/mol. The Hall–Kier alpha value is -0.320. The number of hydrogen-bond donors (Lipinski definition) is 0. The van der Waals surface area contributed by atoms with Crippen molar-refractivity contribution in [3.8, 4) is 0 Å². The SMILES string of the molecule is C.C.C.C.CC.CC.COC.COC.COC.COC.COC.COC.COC.COC. The minimum absolute atomic E-state index is 0. The summed E-state index contributed by atoms with van der Waals surface area (Å²) in [7, 11) is 26.0. The molecule has 0 unspecified atom stereocenters. The van der Waals surface area contributed by atoms with E-state index in [-0.39, 0.29) is 29.7 Å². The zero-order chi connectivity index (χ0) is 25.7. The molecule has 0 aliphatic heterocycles. The van der Waals surface area contributed by atoms with Crippen molar-refractivity contribution in [2.45, 2.75) is 57.4 Å². The molecule has 0 spiro atoms. The summed E-state index contributed by atoms with van der Waals surface area (Å²) >= 11 is 0. The highest BCUT2D eigenvalue weighted by Crippen LogP contribution is 1.30. The highest BCUT2D eigenvalue weighted by Gasteiger charge is 1.28. The van der Waals surface area contributed by atoms with E-state index in [4.69, 9.17) is 0 Å². The standard InChI is InChI=1S/8C2H6O.2C2H6.4CH4/c8*1-3-2;2*1-2;;;;/h8*1-2H3;2*1-2H3;4*1H4. The van der Waals surface area contributed by atoms with Crippen LogP contribution in [0.2, 0.25) is 0 Å². The number of ether oxygens (including phenoxy) is 8. The fraction of sp³-hybridized carbons (Fsp3) is 1.00. The molecule has 0 bridgehead atoms. The van der Waals surface area contributed by atoms with Crippen molar-refractivity contribution in [3.05, 3.63) is 0 Å². The third-order valence-electron chi connectivity index (χ3n) is 0. The molecule has 0 aliphatic rings. The lowest BCUT2D eigenvalue weighted by Gasteiger charge is -1.61. The van der Waals surface area contributed by atoms with Crippen molar-refractivity contribution < 1.29 is 37.9 Å². The smallest absolute Gasteiger partial charge is 0.0351 e. The second kappa shape index (κ2) is 458. The highest BCUT2D eigenvalue weighted by atomic mass is 16.5. The van der Waals surface area contributed by atoms with Gasteiger partial charge >= 0.3 is 0 Å². The van der Waals surface area contributed by atoms with Gasteiger partial charge in [-0.15, -0.1) is 0 Å². The molecule has 0 aromatic rings. The van der Waals surface area contributed by atoms with Crippen molar-refractivity contribution in [2.75, 3.05) is 114 Å². The van der Waals surface area contributed by atoms with Gasteiger partial charge in [-0.05, 0) is 0 Å². The Labute approximate surface area is 209 Å². The first-order valence-electron chi connectivity index (χ1n) is 8.53. The van der Waals surface area contributed by atoms with Gasteiger partial charge in [-0.3, -0.25) is 0 Å². The molecule has 0 aromatic carbocycles. The molecule has 0 amide bonds. The van der Waals surface area contributed by atoms with Crippen LogP contribution in [-0.4, -0.2) is 114 Å². The van der Waals surface area contributed by atoms with Gasteiger partial charge in [-0.2, -0.15) is 0 Å². The summed E-state index contributed by atoms with van der Waals surface area (Å²) in [4.78, 5) is 0. The summed E-state index contributed by atoms with van der Waals surface area (Å²) in [6.45, 7) is 8.00. The Morgan fingerprint density at radius 2 is 0.188 bits per heavy atom. The van der Waals surface area contributed by atoms with Gasteiger partial charge in [0.1, 0.15) is 0 Å². The molecular weight excluding hydrogens is 416 g/mol. The van der Waals surface area contributed by atoms with Crippen LogP contribution in [-0.2, 0) is 37.9 Å². The summed E-state index contributed by atoms with van der Waals surface area (Å²) < 4.78 is 34.0. The quantitative estimate of drug-likeness (QED) is 0.370. The van der Waals surface area contributed by atoms with Gasteiger partial charge in [0.15, 0.2) is 0 Å². The first kappa shape index (κ1) is 95.4. The Morgan fingerprint density at radius 1 is 0.188 bits per heavy atom. The normalized spacial score (nSPS) is 4.88. The van der Waals surface area contributed by atoms with Gasteiger partial charge in [0.25, 0.3) is 0 Å². The van der Waals surface area contributed by atoms with Gasteiger partial charge in [-0.1, -0.05) is 57.4 Å². The topological polar surface area (TPSA) is 73.8 Å². The van der Waals surface area contributed by atoms with E-state index in [1.165, 1.54) is 0 Å². The van der Waals surface area contributed by atoms with Crippen LogP contribution in [0.4, 0.5) is 0 Å². The molecule has 0 saturated carbocycles. The molecule has 0 saturated heterocycles. The van der Waals surface area contributed by atoms with Gasteiger partial charge in [0.05, 0.1) is 0 Å². The second-order valence-electron chi connectivity index (χ2n) is 3.27. The number of rotatable bonds is 0. The predicted molar refractivity (Wildman–Crippen MR) is 153 cm³/mol. The molecule has 0 aromatic heterocycles. The molecule has 220 valence electrons. The van der Waals surface area contributed by atoms with E-state index in [0.717, 1.165) is 0 Å². The fourth-order valence-corrected chi connectivity index (χ4v) is 0. The van der Waals surface area contributed by atoms with Crippen molar-refractivity contribution >= 4 is 0 Å². The van der Waals surface area contributed by atoms with Crippen LogP contribution >= 0.6 is 0 Å². The minimum Gasteiger partial charge on any atom is -0.388 e. The molecule has 0 radical (unpaired) electrons. The molecule has 0 atom stereocenters. The lowest BCUT2D eigenvalue weighted by Crippen LogP contribution is -1.55. The van der Waals surface area contributed by atoms with E-state index in [1.807, 2.05) is 27.7 Å². The van der Waals surface area contributed by atoms with Crippen molar-refractivity contribution in [1.29, 1.82) is 0 Å². The zero-order valence-electron chi connectivity index (χ0n) is 23.3. The lowest BCUT2D eigenvalue weighted by atomic mass is 11.0. The number of methoxy groups -OCH3 is 8. The molecule has 0 N–H and O–H groups in total. The first-order chi connectivity index (χ1) is 13.3. The molecule has 0 fully saturated rings. The van der Waals surface area contributed by atoms with E-state index in [2.05, 4.69) is 37.9 Å². The Balaban J connectivity index is -0.00000000928. The second-order valence-corrected chi connectivity index (χ2v) is 3.27. The van der Waals surface area contributed by atoms with E-state index < -0.39 is 0 Å². The Bertz CT molecular complexity index is 50.0. The van der Waals surface area contributed by atoms with Crippen LogP contribution in [0.1, 0.15) is 57.4 Å². The van der Waals surface area contributed by atoms with Gasteiger partial charge in [0, 0.05) is 114 Å². The molecular formula is C24H76O8. The number of hydrogen-bond acceptors (Lipinski definition) is 8. The maximum absolute atomic E-state index is 4.25. The molecule has 8 heteroatoms. The fourth-order valence-electron chi connectivity index (χ4n) is 0. The lowest BCUT2D eigenvalue weighted by molar-refractivity contribution is 0.277. The predicted octanol–water partition coefficient (Wildman–Crippen LogP) is 6.70. The van der Waals surface area contributed by atoms with Crippen LogP contribution in [0.3, 0.4) is 0 Å². The van der Waals surface area contributed by atoms with Crippen LogP contribution in [0, 0.1) is 0 Å².